The van der Waals surface area contributed by atoms with Crippen LogP contribution in [0.3, 0.4) is 0 Å². The van der Waals surface area contributed by atoms with E-state index in [2.05, 4.69) is 5.32 Å². The maximum absolute atomic E-state index is 12.5. The number of nitrogens with one attached hydrogen (secondary N) is 1. The van der Waals surface area contributed by atoms with Gasteiger partial charge in [-0.2, -0.15) is 0 Å². The zero-order valence-electron chi connectivity index (χ0n) is 12.0. The van der Waals surface area contributed by atoms with E-state index in [9.17, 15) is 4.79 Å². The van der Waals surface area contributed by atoms with Crippen molar-refractivity contribution < 1.29 is 9.53 Å². The average molecular weight is 249 g/mol. The lowest BCUT2D eigenvalue weighted by atomic mass is 9.90. The molecule has 3 nitrogen and oxygen atoms in total. The monoisotopic (exact) mass is 249 g/mol. The Morgan fingerprint density at radius 3 is 2.50 bits per heavy atom. The number of ether oxygens (including phenoxy) is 1. The molecule has 0 aliphatic carbocycles. The molecule has 0 spiro atoms. The van der Waals surface area contributed by atoms with Gasteiger partial charge in [0.1, 0.15) is 5.75 Å². The van der Waals surface area contributed by atoms with Crippen LogP contribution in [0.25, 0.3) is 0 Å². The van der Waals surface area contributed by atoms with Gasteiger partial charge in [0.05, 0.1) is 7.11 Å². The lowest BCUT2D eigenvalue weighted by Gasteiger charge is -2.17. The Balaban J connectivity index is 3.10. The molecule has 3 heteroatoms. The van der Waals surface area contributed by atoms with E-state index < -0.39 is 0 Å². The van der Waals surface area contributed by atoms with Crippen molar-refractivity contribution in [2.45, 2.75) is 27.2 Å². The maximum atomic E-state index is 12.5. The maximum Gasteiger partial charge on any atom is 0.167 e. The molecule has 0 bridgehead atoms. The molecule has 1 N–H and O–H groups in total. The van der Waals surface area contributed by atoms with E-state index in [1.54, 1.807) is 7.11 Å². The molecule has 0 fully saturated rings. The Morgan fingerprint density at radius 2 is 2.00 bits per heavy atom. The van der Waals surface area contributed by atoms with Crippen molar-refractivity contribution in [3.63, 3.8) is 0 Å². The first kappa shape index (κ1) is 14.7. The highest BCUT2D eigenvalue weighted by atomic mass is 16.5. The van der Waals surface area contributed by atoms with Crippen LogP contribution in [0, 0.1) is 19.8 Å². The third-order valence-corrected chi connectivity index (χ3v) is 3.54. The Labute approximate surface area is 110 Å². The molecule has 0 aliphatic rings. The van der Waals surface area contributed by atoms with Crippen molar-refractivity contribution in [1.82, 2.24) is 5.32 Å². The topological polar surface area (TPSA) is 38.3 Å². The van der Waals surface area contributed by atoms with Crippen LogP contribution in [0.1, 0.15) is 34.8 Å². The fourth-order valence-corrected chi connectivity index (χ4v) is 2.17. The second kappa shape index (κ2) is 6.55. The number of hydrogen-bond donors (Lipinski definition) is 1. The summed E-state index contributed by atoms with van der Waals surface area (Å²) in [6, 6.07) is 3.75. The van der Waals surface area contributed by atoms with Gasteiger partial charge in [-0.25, -0.2) is 0 Å². The number of rotatable bonds is 6. The number of carbonyl (C=O) groups is 1. The number of methoxy groups -OCH3 is 1. The molecule has 0 aromatic heterocycles. The minimum absolute atomic E-state index is 0.0431. The first-order valence-electron chi connectivity index (χ1n) is 6.39. The molecule has 1 aromatic carbocycles. The van der Waals surface area contributed by atoms with E-state index in [0.717, 1.165) is 35.4 Å². The molecular formula is C15H23NO2. The fraction of sp³-hybridized carbons (Fsp3) is 0.533. The molecule has 0 amide bonds. The normalized spacial score (nSPS) is 12.3. The predicted molar refractivity (Wildman–Crippen MR) is 74.5 cm³/mol. The number of benzene rings is 1. The summed E-state index contributed by atoms with van der Waals surface area (Å²) in [5.74, 6) is 1.10. The zero-order valence-corrected chi connectivity index (χ0v) is 12.0. The smallest absolute Gasteiger partial charge is 0.167 e. The largest absolute Gasteiger partial charge is 0.496 e. The van der Waals surface area contributed by atoms with Gasteiger partial charge < -0.3 is 10.1 Å². The quantitative estimate of drug-likeness (QED) is 0.788. The highest BCUT2D eigenvalue weighted by Crippen LogP contribution is 2.26. The third kappa shape index (κ3) is 2.91. The van der Waals surface area contributed by atoms with Crippen LogP contribution in [0.2, 0.25) is 0 Å². The van der Waals surface area contributed by atoms with Crippen LogP contribution in [0.15, 0.2) is 12.1 Å². The third-order valence-electron chi connectivity index (χ3n) is 3.54. The van der Waals surface area contributed by atoms with Crippen molar-refractivity contribution in [3.8, 4) is 5.75 Å². The summed E-state index contributed by atoms with van der Waals surface area (Å²) < 4.78 is 5.27. The first-order chi connectivity index (χ1) is 8.56. The van der Waals surface area contributed by atoms with E-state index >= 15 is 0 Å². The average Bonchev–Trinajstić information content (AvgIpc) is 2.38. The second-order valence-corrected chi connectivity index (χ2v) is 4.59. The highest BCUT2D eigenvalue weighted by Gasteiger charge is 2.20. The van der Waals surface area contributed by atoms with Gasteiger partial charge in [-0.3, -0.25) is 4.79 Å². The van der Waals surface area contributed by atoms with E-state index in [-0.39, 0.29) is 11.7 Å². The molecule has 0 radical (unpaired) electrons. The van der Waals surface area contributed by atoms with Crippen molar-refractivity contribution >= 4 is 5.78 Å². The molecule has 0 heterocycles. The summed E-state index contributed by atoms with van der Waals surface area (Å²) in [5, 5.41) is 3.08. The van der Waals surface area contributed by atoms with E-state index in [1.807, 2.05) is 40.0 Å². The van der Waals surface area contributed by atoms with Gasteiger partial charge in [0.2, 0.25) is 0 Å². The Morgan fingerprint density at radius 1 is 1.33 bits per heavy atom. The molecule has 1 rings (SSSR count). The summed E-state index contributed by atoms with van der Waals surface area (Å²) in [4.78, 5) is 12.5. The number of Topliss-reactive ketones (excluding diaryl/α,β-unsaturated/α-hetero) is 1. The van der Waals surface area contributed by atoms with Crippen LogP contribution in [-0.4, -0.2) is 26.5 Å². The molecule has 0 aliphatic heterocycles. The van der Waals surface area contributed by atoms with Crippen molar-refractivity contribution in [1.29, 1.82) is 0 Å². The van der Waals surface area contributed by atoms with Gasteiger partial charge >= 0.3 is 0 Å². The van der Waals surface area contributed by atoms with Crippen LogP contribution in [0.5, 0.6) is 5.75 Å². The molecular weight excluding hydrogens is 226 g/mol. The van der Waals surface area contributed by atoms with E-state index in [4.69, 9.17) is 4.74 Å². The number of carbonyl (C=O) groups excluding carboxylic acids is 1. The minimum atomic E-state index is 0.0431. The lowest BCUT2D eigenvalue weighted by Crippen LogP contribution is -2.26. The number of hydrogen-bond acceptors (Lipinski definition) is 3. The Kier molecular flexibility index (Phi) is 5.35. The van der Waals surface area contributed by atoms with Gasteiger partial charge in [0.15, 0.2) is 5.78 Å². The second-order valence-electron chi connectivity index (χ2n) is 4.59. The number of ketones is 1. The van der Waals surface area contributed by atoms with Crippen LogP contribution in [0.4, 0.5) is 0 Å². The molecule has 1 atom stereocenters. The first-order valence-corrected chi connectivity index (χ1v) is 6.39. The van der Waals surface area contributed by atoms with Gasteiger partial charge in [0, 0.05) is 18.0 Å². The van der Waals surface area contributed by atoms with Crippen molar-refractivity contribution in [2.75, 3.05) is 20.7 Å². The highest BCUT2D eigenvalue weighted by molar-refractivity contribution is 5.99. The lowest BCUT2D eigenvalue weighted by molar-refractivity contribution is 0.0916. The zero-order chi connectivity index (χ0) is 13.7. The summed E-state index contributed by atoms with van der Waals surface area (Å²) in [6.45, 7) is 6.74. The summed E-state index contributed by atoms with van der Waals surface area (Å²) in [5.41, 5.74) is 2.88. The van der Waals surface area contributed by atoms with E-state index in [0.29, 0.717) is 0 Å². The molecule has 0 saturated heterocycles. The minimum Gasteiger partial charge on any atom is -0.496 e. The van der Waals surface area contributed by atoms with Crippen LogP contribution >= 0.6 is 0 Å². The molecule has 100 valence electrons. The van der Waals surface area contributed by atoms with Crippen LogP contribution in [-0.2, 0) is 0 Å². The van der Waals surface area contributed by atoms with Gasteiger partial charge in [-0.15, -0.1) is 0 Å². The van der Waals surface area contributed by atoms with Gasteiger partial charge in [-0.1, -0.05) is 6.92 Å². The standard InChI is InChI=1S/C15H23NO2/c1-6-12(9-16-4)15(17)13-7-8-14(18-5)11(3)10(13)2/h7-8,12,16H,6,9H2,1-5H3. The van der Waals surface area contributed by atoms with Crippen molar-refractivity contribution in [2.24, 2.45) is 5.92 Å². The van der Waals surface area contributed by atoms with Crippen molar-refractivity contribution in [3.05, 3.63) is 28.8 Å². The summed E-state index contributed by atoms with van der Waals surface area (Å²) >= 11 is 0. The molecule has 1 aromatic rings. The molecule has 1 unspecified atom stereocenters. The molecule has 18 heavy (non-hydrogen) atoms. The molecule has 0 saturated carbocycles. The Bertz CT molecular complexity index is 427. The Hall–Kier alpha value is -1.35. The van der Waals surface area contributed by atoms with E-state index in [1.165, 1.54) is 0 Å². The summed E-state index contributed by atoms with van der Waals surface area (Å²) in [6.07, 6.45) is 0.851. The SMILES string of the molecule is CCC(CNC)C(=O)c1ccc(OC)c(C)c1C. The summed E-state index contributed by atoms with van der Waals surface area (Å²) in [7, 11) is 3.53. The van der Waals surface area contributed by atoms with Gasteiger partial charge in [0.25, 0.3) is 0 Å². The van der Waals surface area contributed by atoms with Crippen LogP contribution < -0.4 is 10.1 Å². The predicted octanol–water partition coefficient (Wildman–Crippen LogP) is 2.74. The fourth-order valence-electron chi connectivity index (χ4n) is 2.17. The van der Waals surface area contributed by atoms with Gasteiger partial charge in [-0.05, 0) is 50.6 Å².